The van der Waals surface area contributed by atoms with E-state index >= 15 is 0 Å². The number of amidine groups is 1. The van der Waals surface area contributed by atoms with Crippen molar-refractivity contribution in [3.63, 3.8) is 0 Å². The average Bonchev–Trinajstić information content (AvgIpc) is 3.27. The Balaban J connectivity index is 0.00000108. The van der Waals surface area contributed by atoms with Crippen LogP contribution in [0.2, 0.25) is 0 Å². The highest BCUT2D eigenvalue weighted by Gasteiger charge is 2.12. The molecule has 3 N–H and O–H groups in total. The minimum Gasteiger partial charge on any atom is -0.384 e. The first-order chi connectivity index (χ1) is 19.2. The van der Waals surface area contributed by atoms with Crippen LogP contribution in [0.15, 0.2) is 90.1 Å². The van der Waals surface area contributed by atoms with Gasteiger partial charge in [0.05, 0.1) is 0 Å². The maximum absolute atomic E-state index is 7.76. The zero-order valence-electron chi connectivity index (χ0n) is 25.5. The van der Waals surface area contributed by atoms with E-state index in [0.29, 0.717) is 0 Å². The maximum atomic E-state index is 7.76. The molecule has 0 aliphatic heterocycles. The summed E-state index contributed by atoms with van der Waals surface area (Å²) in [6, 6.07) is 14.6. The van der Waals surface area contributed by atoms with Crippen LogP contribution in [0.1, 0.15) is 54.0 Å². The minimum atomic E-state index is 0.110. The van der Waals surface area contributed by atoms with Crippen LogP contribution >= 0.6 is 0 Å². The van der Waals surface area contributed by atoms with Crippen LogP contribution in [-0.2, 0) is 6.54 Å². The van der Waals surface area contributed by atoms with Gasteiger partial charge in [-0.15, -0.1) is 25.2 Å². The number of aromatic nitrogens is 1. The van der Waals surface area contributed by atoms with Crippen LogP contribution in [0.4, 0.5) is 0 Å². The van der Waals surface area contributed by atoms with Crippen molar-refractivity contribution in [1.82, 2.24) is 9.47 Å². The molecule has 0 atom stereocenters. The molecule has 1 heterocycles. The Morgan fingerprint density at radius 1 is 0.975 bits per heavy atom. The summed E-state index contributed by atoms with van der Waals surface area (Å²) in [5, 5.41) is 10.1. The molecule has 0 bridgehead atoms. The highest BCUT2D eigenvalue weighted by atomic mass is 15.1. The Morgan fingerprint density at radius 2 is 1.55 bits per heavy atom. The Bertz CT molecular complexity index is 1370. The molecule has 4 heteroatoms. The second-order valence-electron chi connectivity index (χ2n) is 9.28. The van der Waals surface area contributed by atoms with Gasteiger partial charge in [-0.05, 0) is 72.4 Å². The monoisotopic (exact) mass is 536 g/mol. The molecule has 3 rings (SSSR count). The van der Waals surface area contributed by atoms with Gasteiger partial charge in [-0.1, -0.05) is 72.7 Å². The van der Waals surface area contributed by atoms with Crippen LogP contribution in [0.25, 0.3) is 21.8 Å². The van der Waals surface area contributed by atoms with Gasteiger partial charge in [0.25, 0.3) is 0 Å². The topological polar surface area (TPSA) is 58.0 Å². The number of benzene rings is 2. The fraction of sp³-hybridized carbons (Fsp3) is 0.306. The molecule has 4 nitrogen and oxygen atoms in total. The summed E-state index contributed by atoms with van der Waals surface area (Å²) in [7, 11) is 0. The van der Waals surface area contributed by atoms with Gasteiger partial charge in [0.1, 0.15) is 5.84 Å². The molecule has 40 heavy (non-hydrogen) atoms. The number of nitrogens with two attached hydrogens (primary N) is 1. The summed E-state index contributed by atoms with van der Waals surface area (Å²) in [6.45, 7) is 18.2. The largest absolute Gasteiger partial charge is 0.384 e. The third-order valence-corrected chi connectivity index (χ3v) is 5.84. The van der Waals surface area contributed by atoms with Crippen LogP contribution < -0.4 is 5.73 Å². The summed E-state index contributed by atoms with van der Waals surface area (Å²) in [5.41, 5.74) is 11.6. The van der Waals surface area contributed by atoms with E-state index in [9.17, 15) is 0 Å². The number of nitrogens with one attached hydrogen (secondary N) is 1. The molecule has 0 fully saturated rings. The van der Waals surface area contributed by atoms with Gasteiger partial charge < -0.3 is 10.3 Å². The van der Waals surface area contributed by atoms with E-state index in [0.717, 1.165) is 37.1 Å². The van der Waals surface area contributed by atoms with E-state index in [1.807, 2.05) is 38.1 Å². The SMILES string of the molecule is C#C.C#CC.C/C=C\C=C(/C)CN(CC)CCn1c2ccccc2c2cc(C(=N)N)ccc21.C/C=C\C=C(C)C. The zero-order valence-corrected chi connectivity index (χ0v) is 25.5. The first-order valence-electron chi connectivity index (χ1n) is 13.6. The third kappa shape index (κ3) is 12.1. The molecule has 0 aliphatic carbocycles. The lowest BCUT2D eigenvalue weighted by Gasteiger charge is -2.21. The number of nitrogen functional groups attached to an aromatic ring is 1. The molecule has 0 unspecified atom stereocenters. The predicted octanol–water partition coefficient (Wildman–Crippen LogP) is 8.34. The van der Waals surface area contributed by atoms with E-state index in [1.54, 1.807) is 6.92 Å². The molecule has 0 spiro atoms. The van der Waals surface area contributed by atoms with Crippen molar-refractivity contribution in [2.24, 2.45) is 5.73 Å². The maximum Gasteiger partial charge on any atom is 0.122 e. The summed E-state index contributed by atoms with van der Waals surface area (Å²) >= 11 is 0. The van der Waals surface area contributed by atoms with E-state index < -0.39 is 0 Å². The second kappa shape index (κ2) is 20.7. The Morgan fingerprint density at radius 3 is 2.08 bits per heavy atom. The molecule has 0 amide bonds. The molecule has 0 radical (unpaired) electrons. The number of para-hydroxylation sites is 1. The predicted molar refractivity (Wildman–Crippen MR) is 180 cm³/mol. The molecular weight excluding hydrogens is 488 g/mol. The highest BCUT2D eigenvalue weighted by Crippen LogP contribution is 2.29. The van der Waals surface area contributed by atoms with Gasteiger partial charge in [0.15, 0.2) is 0 Å². The lowest BCUT2D eigenvalue weighted by molar-refractivity contribution is 0.301. The molecule has 0 aliphatic rings. The minimum absolute atomic E-state index is 0.110. The smallest absolute Gasteiger partial charge is 0.122 e. The normalized spacial score (nSPS) is 10.8. The lowest BCUT2D eigenvalue weighted by atomic mass is 10.1. The number of fused-ring (bicyclic) bond motifs is 3. The molecular formula is C36H48N4. The summed E-state index contributed by atoms with van der Waals surface area (Å²) in [6.07, 6.45) is 25.1. The van der Waals surface area contributed by atoms with Crippen molar-refractivity contribution in [2.75, 3.05) is 19.6 Å². The van der Waals surface area contributed by atoms with Gasteiger partial charge >= 0.3 is 0 Å². The average molecular weight is 537 g/mol. The van der Waals surface area contributed by atoms with Gasteiger partial charge in [0.2, 0.25) is 0 Å². The van der Waals surface area contributed by atoms with Gasteiger partial charge in [-0.3, -0.25) is 10.3 Å². The first kappa shape index (κ1) is 35.8. The quantitative estimate of drug-likeness (QED) is 0.125. The molecule has 212 valence electrons. The van der Waals surface area contributed by atoms with E-state index in [4.69, 9.17) is 11.1 Å². The standard InChI is InChI=1S/C24H30N4.C7H12.C3H4.C2H2/c1-4-6-9-18(3)17-27(5-2)14-15-28-22-11-8-7-10-20(22)21-16-19(24(25)26)12-13-23(21)28;1-4-5-6-7(2)3;1-3-2;1-2/h4,6-13,16H,5,14-15,17H2,1-3H3,(H3,25,26);4-6H,1-3H3;1H,2H3;1-2H/b6-4-,18-9+;5-4-;;. The van der Waals surface area contributed by atoms with E-state index in [2.05, 4.69) is 117 Å². The van der Waals surface area contributed by atoms with E-state index in [-0.39, 0.29) is 5.84 Å². The number of likely N-dealkylation sites (N-methyl/N-ethyl adjacent to an activating group) is 1. The van der Waals surface area contributed by atoms with Crippen molar-refractivity contribution < 1.29 is 0 Å². The fourth-order valence-electron chi connectivity index (χ4n) is 4.01. The number of rotatable bonds is 9. The van der Waals surface area contributed by atoms with Crippen LogP contribution in [-0.4, -0.2) is 34.9 Å². The number of hydrogen-bond donors (Lipinski definition) is 2. The van der Waals surface area contributed by atoms with Crippen molar-refractivity contribution in [2.45, 2.75) is 55.0 Å². The molecule has 2 aromatic carbocycles. The van der Waals surface area contributed by atoms with Crippen molar-refractivity contribution in [1.29, 1.82) is 5.41 Å². The number of terminal acetylenes is 2. The van der Waals surface area contributed by atoms with Gasteiger partial charge in [0, 0.05) is 47.0 Å². The number of hydrogen-bond acceptors (Lipinski definition) is 2. The summed E-state index contributed by atoms with van der Waals surface area (Å²) in [5.74, 6) is 2.36. The summed E-state index contributed by atoms with van der Waals surface area (Å²) in [4.78, 5) is 2.47. The number of nitrogens with zero attached hydrogens (tertiary/aromatic N) is 2. The summed E-state index contributed by atoms with van der Waals surface area (Å²) < 4.78 is 2.39. The van der Waals surface area contributed by atoms with E-state index in [1.165, 1.54) is 27.6 Å². The molecule has 0 saturated heterocycles. The van der Waals surface area contributed by atoms with Gasteiger partial charge in [-0.25, -0.2) is 0 Å². The Kier molecular flexibility index (Phi) is 18.5. The van der Waals surface area contributed by atoms with Crippen molar-refractivity contribution >= 4 is 27.6 Å². The zero-order chi connectivity index (χ0) is 30.5. The number of allylic oxidation sites excluding steroid dienone is 7. The second-order valence-corrected chi connectivity index (χ2v) is 9.28. The van der Waals surface area contributed by atoms with Gasteiger partial charge in [-0.2, -0.15) is 0 Å². The fourth-order valence-corrected chi connectivity index (χ4v) is 4.01. The molecule has 3 aromatic rings. The highest BCUT2D eigenvalue weighted by molar-refractivity contribution is 6.10. The third-order valence-electron chi connectivity index (χ3n) is 5.84. The van der Waals surface area contributed by atoms with Crippen LogP contribution in [0.3, 0.4) is 0 Å². The van der Waals surface area contributed by atoms with Crippen molar-refractivity contribution in [3.05, 3.63) is 95.6 Å². The lowest BCUT2D eigenvalue weighted by Crippen LogP contribution is -2.29. The molecule has 0 saturated carbocycles. The van der Waals surface area contributed by atoms with Crippen molar-refractivity contribution in [3.8, 4) is 25.2 Å². The van der Waals surface area contributed by atoms with Crippen LogP contribution in [0.5, 0.6) is 0 Å². The first-order valence-corrected chi connectivity index (χ1v) is 13.6. The van der Waals surface area contributed by atoms with Crippen LogP contribution in [0, 0.1) is 30.6 Å². The Hall–Kier alpha value is -4.25. The molecule has 1 aromatic heterocycles. The Labute approximate surface area is 243 Å².